The summed E-state index contributed by atoms with van der Waals surface area (Å²) in [6.45, 7) is 6.45. The summed E-state index contributed by atoms with van der Waals surface area (Å²) in [7, 11) is 0. The number of fused-ring (bicyclic) bond motifs is 1. The first-order valence-corrected chi connectivity index (χ1v) is 7.31. The Morgan fingerprint density at radius 2 is 1.67 bits per heavy atom. The highest BCUT2D eigenvalue weighted by Crippen LogP contribution is 2.32. The molecule has 0 aromatic heterocycles. The van der Waals surface area contributed by atoms with Crippen molar-refractivity contribution in [3.8, 4) is 0 Å². The Morgan fingerprint density at radius 1 is 0.944 bits per heavy atom. The number of rotatable bonds is 1. The summed E-state index contributed by atoms with van der Waals surface area (Å²) >= 11 is 2.43. The fourth-order valence-corrected chi connectivity index (χ4v) is 3.05. The maximum atomic E-state index is 2.45. The van der Waals surface area contributed by atoms with Gasteiger partial charge in [0, 0.05) is 22.3 Å². The highest BCUT2D eigenvalue weighted by Gasteiger charge is 2.21. The molecule has 0 saturated carbocycles. The van der Waals surface area contributed by atoms with E-state index in [1.807, 2.05) is 0 Å². The number of aryl methyl sites for hydroxylation is 1. The SMILES string of the molecule is Cc1ccc(N2Cc3ccc(I)c(C)c3C2)cc1. The molecule has 1 aliphatic heterocycles. The quantitative estimate of drug-likeness (QED) is 0.689. The van der Waals surface area contributed by atoms with Gasteiger partial charge in [0.15, 0.2) is 0 Å². The molecule has 1 heterocycles. The molecule has 0 aliphatic carbocycles. The molecule has 0 atom stereocenters. The van der Waals surface area contributed by atoms with Crippen molar-refractivity contribution in [2.45, 2.75) is 26.9 Å². The van der Waals surface area contributed by atoms with Crippen LogP contribution in [0.2, 0.25) is 0 Å². The van der Waals surface area contributed by atoms with E-state index in [2.05, 4.69) is 77.7 Å². The van der Waals surface area contributed by atoms with Crippen LogP contribution >= 0.6 is 22.6 Å². The van der Waals surface area contributed by atoms with Crippen molar-refractivity contribution in [1.29, 1.82) is 0 Å². The first kappa shape index (κ1) is 12.0. The zero-order chi connectivity index (χ0) is 12.7. The minimum Gasteiger partial charge on any atom is -0.363 e. The molecule has 0 radical (unpaired) electrons. The summed E-state index contributed by atoms with van der Waals surface area (Å²) in [5, 5.41) is 0. The molecule has 2 aromatic carbocycles. The average Bonchev–Trinajstić information content (AvgIpc) is 2.80. The summed E-state index contributed by atoms with van der Waals surface area (Å²) < 4.78 is 1.37. The highest BCUT2D eigenvalue weighted by atomic mass is 127. The zero-order valence-electron chi connectivity index (χ0n) is 10.7. The van der Waals surface area contributed by atoms with E-state index >= 15 is 0 Å². The van der Waals surface area contributed by atoms with Crippen molar-refractivity contribution < 1.29 is 0 Å². The predicted molar refractivity (Wildman–Crippen MR) is 85.0 cm³/mol. The lowest BCUT2D eigenvalue weighted by molar-refractivity contribution is 0.878. The van der Waals surface area contributed by atoms with Crippen LogP contribution in [0.1, 0.15) is 22.3 Å². The summed E-state index contributed by atoms with van der Waals surface area (Å²) in [4.78, 5) is 2.45. The normalized spacial score (nSPS) is 13.8. The Kier molecular flexibility index (Phi) is 3.06. The van der Waals surface area contributed by atoms with Gasteiger partial charge in [-0.05, 0) is 71.3 Å². The molecule has 0 unspecified atom stereocenters. The van der Waals surface area contributed by atoms with E-state index in [0.29, 0.717) is 0 Å². The van der Waals surface area contributed by atoms with Gasteiger partial charge in [-0.1, -0.05) is 23.8 Å². The highest BCUT2D eigenvalue weighted by molar-refractivity contribution is 14.1. The number of anilines is 1. The maximum Gasteiger partial charge on any atom is 0.0439 e. The van der Waals surface area contributed by atoms with Crippen molar-refractivity contribution in [2.75, 3.05) is 4.90 Å². The van der Waals surface area contributed by atoms with Crippen LogP contribution in [0.5, 0.6) is 0 Å². The van der Waals surface area contributed by atoms with E-state index in [-0.39, 0.29) is 0 Å². The molecule has 0 fully saturated rings. The van der Waals surface area contributed by atoms with E-state index in [9.17, 15) is 0 Å². The van der Waals surface area contributed by atoms with Crippen LogP contribution in [0.4, 0.5) is 5.69 Å². The minimum atomic E-state index is 1.04. The van der Waals surface area contributed by atoms with Crippen LogP contribution in [0, 0.1) is 17.4 Å². The molecule has 18 heavy (non-hydrogen) atoms. The van der Waals surface area contributed by atoms with Crippen molar-refractivity contribution in [3.63, 3.8) is 0 Å². The number of benzene rings is 2. The van der Waals surface area contributed by atoms with Gasteiger partial charge in [-0.15, -0.1) is 0 Å². The molecule has 2 aromatic rings. The fraction of sp³-hybridized carbons (Fsp3) is 0.250. The number of hydrogen-bond donors (Lipinski definition) is 0. The van der Waals surface area contributed by atoms with Crippen LogP contribution in [-0.4, -0.2) is 0 Å². The lowest BCUT2D eigenvalue weighted by Gasteiger charge is -2.17. The summed E-state index contributed by atoms with van der Waals surface area (Å²) in [6, 6.07) is 13.3. The van der Waals surface area contributed by atoms with Gasteiger partial charge in [-0.3, -0.25) is 0 Å². The topological polar surface area (TPSA) is 3.24 Å². The minimum absolute atomic E-state index is 1.04. The lowest BCUT2D eigenvalue weighted by atomic mass is 10.1. The lowest BCUT2D eigenvalue weighted by Crippen LogP contribution is -2.14. The number of halogens is 1. The van der Waals surface area contributed by atoms with E-state index in [0.717, 1.165) is 13.1 Å². The average molecular weight is 349 g/mol. The Hall–Kier alpha value is -1.03. The molecule has 1 nitrogen and oxygen atoms in total. The van der Waals surface area contributed by atoms with Gasteiger partial charge < -0.3 is 4.90 Å². The Morgan fingerprint density at radius 3 is 2.39 bits per heavy atom. The maximum absolute atomic E-state index is 2.45. The van der Waals surface area contributed by atoms with Gasteiger partial charge >= 0.3 is 0 Å². The van der Waals surface area contributed by atoms with Gasteiger partial charge in [0.25, 0.3) is 0 Å². The second-order valence-corrected chi connectivity index (χ2v) is 6.16. The summed E-state index contributed by atoms with van der Waals surface area (Å²) in [5.41, 5.74) is 7.09. The predicted octanol–water partition coefficient (Wildman–Crippen LogP) is 4.43. The van der Waals surface area contributed by atoms with Crippen molar-refractivity contribution >= 4 is 28.3 Å². The van der Waals surface area contributed by atoms with E-state index in [1.165, 1.54) is 31.5 Å². The van der Waals surface area contributed by atoms with Crippen LogP contribution < -0.4 is 4.90 Å². The molecule has 2 heteroatoms. The van der Waals surface area contributed by atoms with E-state index < -0.39 is 0 Å². The molecule has 3 rings (SSSR count). The van der Waals surface area contributed by atoms with Crippen LogP contribution in [-0.2, 0) is 13.1 Å². The first-order chi connectivity index (χ1) is 8.65. The second kappa shape index (κ2) is 4.57. The largest absolute Gasteiger partial charge is 0.363 e. The van der Waals surface area contributed by atoms with Crippen LogP contribution in [0.25, 0.3) is 0 Å². The van der Waals surface area contributed by atoms with E-state index in [4.69, 9.17) is 0 Å². The Bertz CT molecular complexity index is 587. The zero-order valence-corrected chi connectivity index (χ0v) is 12.9. The van der Waals surface area contributed by atoms with Crippen molar-refractivity contribution in [1.82, 2.24) is 0 Å². The molecule has 1 aliphatic rings. The monoisotopic (exact) mass is 349 g/mol. The van der Waals surface area contributed by atoms with Gasteiger partial charge in [-0.25, -0.2) is 0 Å². The first-order valence-electron chi connectivity index (χ1n) is 6.23. The number of hydrogen-bond acceptors (Lipinski definition) is 1. The Labute approximate surface area is 122 Å². The molecule has 0 spiro atoms. The molecule has 0 amide bonds. The molecule has 0 bridgehead atoms. The summed E-state index contributed by atoms with van der Waals surface area (Å²) in [5.74, 6) is 0. The smallest absolute Gasteiger partial charge is 0.0439 e. The Balaban J connectivity index is 1.93. The second-order valence-electron chi connectivity index (χ2n) is 5.00. The molecular weight excluding hydrogens is 333 g/mol. The van der Waals surface area contributed by atoms with Crippen LogP contribution in [0.3, 0.4) is 0 Å². The van der Waals surface area contributed by atoms with Gasteiger partial charge in [0.1, 0.15) is 0 Å². The summed E-state index contributed by atoms with van der Waals surface area (Å²) in [6.07, 6.45) is 0. The van der Waals surface area contributed by atoms with E-state index in [1.54, 1.807) is 0 Å². The fourth-order valence-electron chi connectivity index (χ4n) is 2.54. The molecule has 92 valence electrons. The number of nitrogens with zero attached hydrogens (tertiary/aromatic N) is 1. The standard InChI is InChI=1S/C16H16IN/c1-11-3-6-14(7-4-11)18-9-13-5-8-16(17)12(2)15(13)10-18/h3-8H,9-10H2,1-2H3. The molecule has 0 N–H and O–H groups in total. The third kappa shape index (κ3) is 2.03. The molecule has 0 saturated heterocycles. The van der Waals surface area contributed by atoms with Crippen molar-refractivity contribution in [2.24, 2.45) is 0 Å². The third-order valence-electron chi connectivity index (χ3n) is 3.74. The van der Waals surface area contributed by atoms with Gasteiger partial charge in [0.05, 0.1) is 0 Å². The molecular formula is C16H16IN. The van der Waals surface area contributed by atoms with Gasteiger partial charge in [0.2, 0.25) is 0 Å². The van der Waals surface area contributed by atoms with Crippen molar-refractivity contribution in [3.05, 3.63) is 62.2 Å². The van der Waals surface area contributed by atoms with Gasteiger partial charge in [-0.2, -0.15) is 0 Å². The third-order valence-corrected chi connectivity index (χ3v) is 4.91. The van der Waals surface area contributed by atoms with Crippen LogP contribution in [0.15, 0.2) is 36.4 Å².